The van der Waals surface area contributed by atoms with Crippen LogP contribution in [0.3, 0.4) is 0 Å². The summed E-state index contributed by atoms with van der Waals surface area (Å²) < 4.78 is 5.73. The molecule has 0 fully saturated rings. The first-order chi connectivity index (χ1) is 9.84. The summed E-state index contributed by atoms with van der Waals surface area (Å²) in [5, 5.41) is 2.23. The number of pyridine rings is 1. The number of benzene rings is 2. The van der Waals surface area contributed by atoms with E-state index in [4.69, 9.17) is 10.5 Å². The highest BCUT2D eigenvalue weighted by Crippen LogP contribution is 2.23. The van der Waals surface area contributed by atoms with Crippen LogP contribution in [0.15, 0.2) is 67.0 Å². The minimum absolute atomic E-state index is 0.178. The molecule has 100 valence electrons. The van der Waals surface area contributed by atoms with Crippen molar-refractivity contribution in [1.82, 2.24) is 4.98 Å². The number of aromatic nitrogens is 1. The van der Waals surface area contributed by atoms with Gasteiger partial charge in [-0.2, -0.15) is 0 Å². The molecular formula is C17H16N2O. The predicted octanol–water partition coefficient (Wildman–Crippen LogP) is 3.31. The van der Waals surface area contributed by atoms with Crippen molar-refractivity contribution in [1.29, 1.82) is 0 Å². The first-order valence-corrected chi connectivity index (χ1v) is 6.60. The minimum atomic E-state index is -0.178. The number of fused-ring (bicyclic) bond motifs is 1. The standard InChI is InChI=1S/C17H16N2O/c18-17(12-20-14-6-2-1-3-7-14)15-8-4-5-13-9-10-19-11-16(13)15/h1-11,17H,12,18H2. The van der Waals surface area contributed by atoms with Crippen molar-refractivity contribution in [2.24, 2.45) is 5.73 Å². The molecule has 0 saturated heterocycles. The zero-order chi connectivity index (χ0) is 13.8. The maximum Gasteiger partial charge on any atom is 0.119 e. The molecule has 1 unspecified atom stereocenters. The molecule has 1 atom stereocenters. The monoisotopic (exact) mass is 264 g/mol. The molecule has 0 spiro atoms. The quantitative estimate of drug-likeness (QED) is 0.786. The van der Waals surface area contributed by atoms with E-state index in [2.05, 4.69) is 11.1 Å². The van der Waals surface area contributed by atoms with Gasteiger partial charge in [-0.1, -0.05) is 36.4 Å². The van der Waals surface area contributed by atoms with Crippen molar-refractivity contribution in [2.45, 2.75) is 6.04 Å². The molecule has 0 amide bonds. The van der Waals surface area contributed by atoms with Crippen LogP contribution in [0, 0.1) is 0 Å². The van der Waals surface area contributed by atoms with Gasteiger partial charge in [-0.15, -0.1) is 0 Å². The van der Waals surface area contributed by atoms with Crippen molar-refractivity contribution in [3.8, 4) is 5.75 Å². The van der Waals surface area contributed by atoms with Crippen molar-refractivity contribution in [2.75, 3.05) is 6.61 Å². The third kappa shape index (κ3) is 2.63. The van der Waals surface area contributed by atoms with E-state index >= 15 is 0 Å². The minimum Gasteiger partial charge on any atom is -0.492 e. The third-order valence-corrected chi connectivity index (χ3v) is 3.29. The van der Waals surface area contributed by atoms with Crippen LogP contribution < -0.4 is 10.5 Å². The van der Waals surface area contributed by atoms with Crippen LogP contribution in [-0.4, -0.2) is 11.6 Å². The Labute approximate surface area is 118 Å². The van der Waals surface area contributed by atoms with E-state index < -0.39 is 0 Å². The molecule has 1 aromatic heterocycles. The molecule has 0 saturated carbocycles. The van der Waals surface area contributed by atoms with Gasteiger partial charge in [0.05, 0.1) is 6.04 Å². The SMILES string of the molecule is NC(COc1ccccc1)c1cccc2ccncc12. The van der Waals surface area contributed by atoms with Gasteiger partial charge in [0.25, 0.3) is 0 Å². The van der Waals surface area contributed by atoms with Crippen LogP contribution in [0.25, 0.3) is 10.8 Å². The number of nitrogens with two attached hydrogens (primary N) is 1. The van der Waals surface area contributed by atoms with Gasteiger partial charge in [0.2, 0.25) is 0 Å². The summed E-state index contributed by atoms with van der Waals surface area (Å²) >= 11 is 0. The first-order valence-electron chi connectivity index (χ1n) is 6.60. The first kappa shape index (κ1) is 12.6. The fourth-order valence-corrected chi connectivity index (χ4v) is 2.25. The van der Waals surface area contributed by atoms with Gasteiger partial charge < -0.3 is 10.5 Å². The van der Waals surface area contributed by atoms with Gasteiger partial charge in [-0.3, -0.25) is 4.98 Å². The zero-order valence-electron chi connectivity index (χ0n) is 11.1. The van der Waals surface area contributed by atoms with Crippen molar-refractivity contribution in [3.63, 3.8) is 0 Å². The zero-order valence-corrected chi connectivity index (χ0v) is 11.1. The highest BCUT2D eigenvalue weighted by atomic mass is 16.5. The van der Waals surface area contributed by atoms with Crippen LogP contribution in [0.1, 0.15) is 11.6 Å². The predicted molar refractivity (Wildman–Crippen MR) is 80.6 cm³/mol. The van der Waals surface area contributed by atoms with Crippen LogP contribution in [0.5, 0.6) is 5.75 Å². The lowest BCUT2D eigenvalue weighted by Crippen LogP contribution is -2.19. The maximum atomic E-state index is 6.26. The van der Waals surface area contributed by atoms with Gasteiger partial charge in [0.1, 0.15) is 12.4 Å². The maximum absolute atomic E-state index is 6.26. The Morgan fingerprint density at radius 3 is 2.70 bits per heavy atom. The Hall–Kier alpha value is -2.39. The number of hydrogen-bond donors (Lipinski definition) is 1. The molecule has 2 N–H and O–H groups in total. The molecule has 3 heteroatoms. The van der Waals surface area contributed by atoms with Crippen molar-refractivity contribution < 1.29 is 4.74 Å². The second kappa shape index (κ2) is 5.72. The molecule has 0 aliphatic rings. The average molecular weight is 264 g/mol. The van der Waals surface area contributed by atoms with E-state index in [0.29, 0.717) is 6.61 Å². The Morgan fingerprint density at radius 1 is 1.00 bits per heavy atom. The van der Waals surface area contributed by atoms with Gasteiger partial charge in [0, 0.05) is 17.8 Å². The van der Waals surface area contributed by atoms with Gasteiger partial charge in [-0.05, 0) is 29.1 Å². The van der Waals surface area contributed by atoms with Gasteiger partial charge in [0.15, 0.2) is 0 Å². The fourth-order valence-electron chi connectivity index (χ4n) is 2.25. The molecule has 0 bridgehead atoms. The Kier molecular flexibility index (Phi) is 3.61. The summed E-state index contributed by atoms with van der Waals surface area (Å²) in [4.78, 5) is 4.18. The van der Waals surface area contributed by atoms with Crippen LogP contribution in [0.2, 0.25) is 0 Å². The number of hydrogen-bond acceptors (Lipinski definition) is 3. The van der Waals surface area contributed by atoms with Gasteiger partial charge in [-0.25, -0.2) is 0 Å². The molecule has 0 aliphatic heterocycles. The summed E-state index contributed by atoms with van der Waals surface area (Å²) in [5.74, 6) is 0.835. The molecule has 0 radical (unpaired) electrons. The second-order valence-electron chi connectivity index (χ2n) is 4.67. The molecular weight excluding hydrogens is 248 g/mol. The number of ether oxygens (including phenoxy) is 1. The number of rotatable bonds is 4. The largest absolute Gasteiger partial charge is 0.492 e. The molecule has 3 nitrogen and oxygen atoms in total. The smallest absolute Gasteiger partial charge is 0.119 e. The fraction of sp³-hybridized carbons (Fsp3) is 0.118. The lowest BCUT2D eigenvalue weighted by Gasteiger charge is -2.15. The highest BCUT2D eigenvalue weighted by Gasteiger charge is 2.10. The summed E-state index contributed by atoms with van der Waals surface area (Å²) in [6.45, 7) is 0.442. The van der Waals surface area contributed by atoms with E-state index in [1.165, 1.54) is 0 Å². The van der Waals surface area contributed by atoms with E-state index in [9.17, 15) is 0 Å². The molecule has 2 aromatic carbocycles. The van der Waals surface area contributed by atoms with Crippen molar-refractivity contribution in [3.05, 3.63) is 72.6 Å². The Morgan fingerprint density at radius 2 is 1.85 bits per heavy atom. The Bertz CT molecular complexity index is 692. The van der Waals surface area contributed by atoms with E-state index in [1.54, 1.807) is 6.20 Å². The Balaban J connectivity index is 1.80. The van der Waals surface area contributed by atoms with E-state index in [0.717, 1.165) is 22.1 Å². The van der Waals surface area contributed by atoms with E-state index in [1.807, 2.05) is 54.7 Å². The number of para-hydroxylation sites is 1. The molecule has 20 heavy (non-hydrogen) atoms. The third-order valence-electron chi connectivity index (χ3n) is 3.29. The van der Waals surface area contributed by atoms with Crippen molar-refractivity contribution >= 4 is 10.8 Å². The van der Waals surface area contributed by atoms with Crippen LogP contribution >= 0.6 is 0 Å². The summed E-state index contributed by atoms with van der Waals surface area (Å²) in [5.41, 5.74) is 7.32. The summed E-state index contributed by atoms with van der Waals surface area (Å²) in [6, 6.07) is 17.6. The summed E-state index contributed by atoms with van der Waals surface area (Å²) in [6.07, 6.45) is 3.64. The normalized spacial score (nSPS) is 12.2. The molecule has 0 aliphatic carbocycles. The average Bonchev–Trinajstić information content (AvgIpc) is 2.53. The molecule has 1 heterocycles. The lowest BCUT2D eigenvalue weighted by atomic mass is 10.0. The number of nitrogens with zero attached hydrogens (tertiary/aromatic N) is 1. The highest BCUT2D eigenvalue weighted by molar-refractivity contribution is 5.85. The summed E-state index contributed by atoms with van der Waals surface area (Å²) in [7, 11) is 0. The van der Waals surface area contributed by atoms with E-state index in [-0.39, 0.29) is 6.04 Å². The van der Waals surface area contributed by atoms with Crippen LogP contribution in [-0.2, 0) is 0 Å². The van der Waals surface area contributed by atoms with Gasteiger partial charge >= 0.3 is 0 Å². The second-order valence-corrected chi connectivity index (χ2v) is 4.67. The van der Waals surface area contributed by atoms with Crippen LogP contribution in [0.4, 0.5) is 0 Å². The molecule has 3 aromatic rings. The lowest BCUT2D eigenvalue weighted by molar-refractivity contribution is 0.291. The molecule has 3 rings (SSSR count). The topological polar surface area (TPSA) is 48.1 Å².